The Hall–Kier alpha value is -2.30. The fraction of sp³-hybridized carbons (Fsp3) is 0.333. The lowest BCUT2D eigenvalue weighted by atomic mass is 9.83. The number of benzene rings is 2. The highest BCUT2D eigenvalue weighted by Crippen LogP contribution is 2.40. The highest BCUT2D eigenvalue weighted by Gasteiger charge is 2.38. The fourth-order valence-corrected chi connectivity index (χ4v) is 4.12. The minimum absolute atomic E-state index is 0.0790. The molecule has 1 unspecified atom stereocenters. The smallest absolute Gasteiger partial charge is 0.336 e. The third-order valence-electron chi connectivity index (χ3n) is 4.95. The molecule has 1 aliphatic rings. The molecule has 0 N–H and O–H groups in total. The number of halogens is 2. The molecule has 0 saturated heterocycles. The molecule has 0 aromatic heterocycles. The van der Waals surface area contributed by atoms with Gasteiger partial charge in [-0.25, -0.2) is 4.79 Å². The minimum Gasteiger partial charge on any atom is -0.457 e. The Morgan fingerprint density at radius 1 is 1.13 bits per heavy atom. The van der Waals surface area contributed by atoms with Crippen molar-refractivity contribution in [2.24, 2.45) is 0 Å². The molecule has 1 amide bonds. The molecule has 1 aliphatic heterocycles. The molecular weight excluding hydrogens is 421 g/mol. The number of amides is 1. The van der Waals surface area contributed by atoms with Gasteiger partial charge in [-0.3, -0.25) is 4.79 Å². The van der Waals surface area contributed by atoms with Gasteiger partial charge in [-0.1, -0.05) is 53.5 Å². The van der Waals surface area contributed by atoms with Crippen LogP contribution in [0.25, 0.3) is 0 Å². The van der Waals surface area contributed by atoms with Gasteiger partial charge in [0.25, 0.3) is 0 Å². The van der Waals surface area contributed by atoms with Crippen molar-refractivity contribution in [2.75, 3.05) is 0 Å². The summed E-state index contributed by atoms with van der Waals surface area (Å²) < 4.78 is 5.69. The molecular formula is C24H25Cl2NO3. The van der Waals surface area contributed by atoms with Crippen LogP contribution in [0, 0.1) is 0 Å². The van der Waals surface area contributed by atoms with E-state index in [1.165, 1.54) is 0 Å². The summed E-state index contributed by atoms with van der Waals surface area (Å²) in [7, 11) is 0. The molecule has 0 fully saturated rings. The van der Waals surface area contributed by atoms with Gasteiger partial charge < -0.3 is 9.64 Å². The van der Waals surface area contributed by atoms with Crippen LogP contribution in [-0.2, 0) is 20.9 Å². The van der Waals surface area contributed by atoms with Crippen molar-refractivity contribution in [1.29, 1.82) is 0 Å². The van der Waals surface area contributed by atoms with E-state index in [1.807, 2.05) is 57.2 Å². The number of esters is 1. The summed E-state index contributed by atoms with van der Waals surface area (Å²) >= 11 is 12.5. The lowest BCUT2D eigenvalue weighted by Gasteiger charge is -2.35. The molecule has 4 nitrogen and oxygen atoms in total. The van der Waals surface area contributed by atoms with Gasteiger partial charge in [0.15, 0.2) is 0 Å². The van der Waals surface area contributed by atoms with E-state index in [1.54, 1.807) is 24.0 Å². The monoisotopic (exact) mass is 445 g/mol. The Bertz CT molecular complexity index is 1010. The summed E-state index contributed by atoms with van der Waals surface area (Å²) in [5.41, 5.74) is 2.00. The van der Waals surface area contributed by atoms with Gasteiger partial charge in [-0.2, -0.15) is 0 Å². The van der Waals surface area contributed by atoms with Crippen LogP contribution >= 0.6 is 23.2 Å². The predicted octanol–water partition coefficient (Wildman–Crippen LogP) is 6.13. The van der Waals surface area contributed by atoms with E-state index in [0.29, 0.717) is 27.9 Å². The number of allylic oxidation sites excluding steroid dienone is 1. The minimum atomic E-state index is -0.658. The lowest BCUT2D eigenvalue weighted by molar-refractivity contribution is -0.150. The molecule has 0 saturated carbocycles. The Kier molecular flexibility index (Phi) is 6.59. The normalized spacial score (nSPS) is 17.3. The molecule has 1 heterocycles. The summed E-state index contributed by atoms with van der Waals surface area (Å²) in [6.07, 6.45) is 0.135. The first-order chi connectivity index (χ1) is 14.1. The van der Waals surface area contributed by atoms with Gasteiger partial charge in [0.05, 0.1) is 12.1 Å². The molecule has 2 aromatic rings. The lowest BCUT2D eigenvalue weighted by Crippen LogP contribution is -2.39. The number of hydrogen-bond donors (Lipinski definition) is 0. The van der Waals surface area contributed by atoms with E-state index in [4.69, 9.17) is 27.9 Å². The second-order valence-corrected chi connectivity index (χ2v) is 9.23. The van der Waals surface area contributed by atoms with Gasteiger partial charge in [0.2, 0.25) is 5.91 Å². The van der Waals surface area contributed by atoms with Gasteiger partial charge in [-0.15, -0.1) is 0 Å². The molecule has 3 rings (SSSR count). The molecule has 0 aliphatic carbocycles. The Morgan fingerprint density at radius 2 is 1.83 bits per heavy atom. The fourth-order valence-electron chi connectivity index (χ4n) is 3.64. The van der Waals surface area contributed by atoms with Crippen LogP contribution in [0.2, 0.25) is 10.0 Å². The third kappa shape index (κ3) is 5.05. The van der Waals surface area contributed by atoms with Gasteiger partial charge in [0.1, 0.15) is 5.60 Å². The van der Waals surface area contributed by atoms with Crippen LogP contribution < -0.4 is 0 Å². The molecule has 6 heteroatoms. The Balaban J connectivity index is 2.07. The number of hydrogen-bond acceptors (Lipinski definition) is 3. The highest BCUT2D eigenvalue weighted by atomic mass is 35.5. The summed E-state index contributed by atoms with van der Waals surface area (Å²) in [6, 6.07) is 14.6. The average Bonchev–Trinajstić information content (AvgIpc) is 2.63. The first-order valence-electron chi connectivity index (χ1n) is 9.80. The van der Waals surface area contributed by atoms with E-state index < -0.39 is 17.5 Å². The largest absolute Gasteiger partial charge is 0.457 e. The quantitative estimate of drug-likeness (QED) is 0.531. The van der Waals surface area contributed by atoms with Gasteiger partial charge >= 0.3 is 5.97 Å². The number of nitrogens with zero attached hydrogens (tertiary/aromatic N) is 1. The molecule has 30 heavy (non-hydrogen) atoms. The van der Waals surface area contributed by atoms with E-state index in [-0.39, 0.29) is 12.3 Å². The van der Waals surface area contributed by atoms with Crippen LogP contribution in [0.1, 0.15) is 51.2 Å². The van der Waals surface area contributed by atoms with E-state index in [9.17, 15) is 9.59 Å². The maximum absolute atomic E-state index is 13.2. The van der Waals surface area contributed by atoms with E-state index in [2.05, 4.69) is 0 Å². The molecule has 158 valence electrons. The van der Waals surface area contributed by atoms with E-state index >= 15 is 0 Å². The number of carbonyl (C=O) groups is 2. The van der Waals surface area contributed by atoms with Crippen LogP contribution in [-0.4, -0.2) is 22.4 Å². The van der Waals surface area contributed by atoms with Crippen molar-refractivity contribution in [3.8, 4) is 0 Å². The predicted molar refractivity (Wildman–Crippen MR) is 119 cm³/mol. The number of carbonyl (C=O) groups excluding carboxylic acids is 2. The Morgan fingerprint density at radius 3 is 2.47 bits per heavy atom. The topological polar surface area (TPSA) is 46.6 Å². The van der Waals surface area contributed by atoms with Crippen molar-refractivity contribution in [3.05, 3.63) is 81.0 Å². The van der Waals surface area contributed by atoms with E-state index in [0.717, 1.165) is 11.1 Å². The molecule has 2 aromatic carbocycles. The Labute approximate surface area is 187 Å². The number of ether oxygens (including phenoxy) is 1. The van der Waals surface area contributed by atoms with Crippen LogP contribution in [0.4, 0.5) is 0 Å². The van der Waals surface area contributed by atoms with Crippen molar-refractivity contribution < 1.29 is 14.3 Å². The number of rotatable bonds is 4. The van der Waals surface area contributed by atoms with Gasteiger partial charge in [0, 0.05) is 28.1 Å². The van der Waals surface area contributed by atoms with Crippen molar-refractivity contribution in [2.45, 2.75) is 52.2 Å². The second-order valence-electron chi connectivity index (χ2n) is 8.39. The van der Waals surface area contributed by atoms with Crippen molar-refractivity contribution in [1.82, 2.24) is 4.90 Å². The first-order valence-corrected chi connectivity index (χ1v) is 10.6. The zero-order valence-electron chi connectivity index (χ0n) is 17.5. The first kappa shape index (κ1) is 22.4. The maximum Gasteiger partial charge on any atom is 0.336 e. The second kappa shape index (κ2) is 8.83. The summed E-state index contributed by atoms with van der Waals surface area (Å²) in [4.78, 5) is 27.9. The van der Waals surface area contributed by atoms with Crippen molar-refractivity contribution in [3.63, 3.8) is 0 Å². The summed E-state index contributed by atoms with van der Waals surface area (Å²) in [5.74, 6) is -0.977. The standard InChI is InChI=1S/C24H25Cl2NO3/c1-15-22(23(29)30-24(2,3)4)19(18-10-5-6-11-20(18)26)13-21(28)27(15)14-16-8-7-9-17(25)12-16/h5-12,19H,13-14H2,1-4H3. The zero-order valence-corrected chi connectivity index (χ0v) is 19.1. The molecule has 1 atom stereocenters. The zero-order chi connectivity index (χ0) is 22.1. The summed E-state index contributed by atoms with van der Waals surface area (Å²) in [6.45, 7) is 7.58. The van der Waals surface area contributed by atoms with Crippen molar-refractivity contribution >= 4 is 35.1 Å². The highest BCUT2D eigenvalue weighted by molar-refractivity contribution is 6.31. The SMILES string of the molecule is CC1=C(C(=O)OC(C)(C)C)C(c2ccccc2Cl)CC(=O)N1Cc1cccc(Cl)c1. The summed E-state index contributed by atoms with van der Waals surface area (Å²) in [5, 5.41) is 1.12. The van der Waals surface area contributed by atoms with Crippen LogP contribution in [0.5, 0.6) is 0 Å². The van der Waals surface area contributed by atoms with Crippen LogP contribution in [0.3, 0.4) is 0 Å². The third-order valence-corrected chi connectivity index (χ3v) is 5.53. The van der Waals surface area contributed by atoms with Crippen LogP contribution in [0.15, 0.2) is 59.8 Å². The molecule has 0 radical (unpaired) electrons. The van der Waals surface area contributed by atoms with Gasteiger partial charge in [-0.05, 0) is 57.0 Å². The molecule has 0 bridgehead atoms. The molecule has 0 spiro atoms. The average molecular weight is 446 g/mol. The maximum atomic E-state index is 13.2.